The zero-order chi connectivity index (χ0) is 8.43. The van der Waals surface area contributed by atoms with E-state index in [1.807, 2.05) is 19.9 Å². The van der Waals surface area contributed by atoms with Crippen LogP contribution in [-0.2, 0) is 6.54 Å². The largest absolute Gasteiger partial charge is 0.381 e. The molecule has 0 aromatic carbocycles. The van der Waals surface area contributed by atoms with Crippen molar-refractivity contribution in [3.05, 3.63) is 11.5 Å². The summed E-state index contributed by atoms with van der Waals surface area (Å²) >= 11 is 0. The Bertz CT molecular complexity index is 305. The number of imidazole rings is 1. The Hall–Kier alpha value is -1.50. The van der Waals surface area contributed by atoms with Gasteiger partial charge >= 0.3 is 0 Å². The minimum absolute atomic E-state index is 0.326. The first-order valence-electron chi connectivity index (χ1n) is 3.43. The number of nitriles is 1. The molecule has 2 N–H and O–H groups in total. The van der Waals surface area contributed by atoms with Crippen LogP contribution in [0.15, 0.2) is 0 Å². The fourth-order valence-electron chi connectivity index (χ4n) is 1.09. The predicted molar refractivity (Wildman–Crippen MR) is 41.8 cm³/mol. The van der Waals surface area contributed by atoms with E-state index in [0.717, 1.165) is 12.4 Å². The lowest BCUT2D eigenvalue weighted by Gasteiger charge is -1.99. The third-order valence-electron chi connectivity index (χ3n) is 1.61. The molecule has 0 atom stereocenters. The number of aromatic nitrogens is 2. The first kappa shape index (κ1) is 7.61. The molecule has 0 amide bonds. The van der Waals surface area contributed by atoms with E-state index in [0.29, 0.717) is 11.5 Å². The molecular formula is C7H10N4. The third kappa shape index (κ3) is 1.05. The Balaban J connectivity index is 3.31. The second-order valence-corrected chi connectivity index (χ2v) is 2.25. The highest BCUT2D eigenvalue weighted by atomic mass is 15.1. The standard InChI is InChI=1S/C7H10N4/c1-3-11-5(2)10-7(9)6(11)4-8/h3,9H2,1-2H3. The highest BCUT2D eigenvalue weighted by Gasteiger charge is 2.08. The van der Waals surface area contributed by atoms with Crippen molar-refractivity contribution in [3.63, 3.8) is 0 Å². The summed E-state index contributed by atoms with van der Waals surface area (Å²) in [5.74, 6) is 1.12. The average Bonchev–Trinajstić information content (AvgIpc) is 2.24. The van der Waals surface area contributed by atoms with Crippen molar-refractivity contribution in [2.45, 2.75) is 20.4 Å². The summed E-state index contributed by atoms with van der Waals surface area (Å²) in [5.41, 5.74) is 5.94. The SMILES string of the molecule is CCn1c(C)nc(N)c1C#N. The van der Waals surface area contributed by atoms with Gasteiger partial charge in [-0.2, -0.15) is 5.26 Å². The van der Waals surface area contributed by atoms with Crippen LogP contribution in [0.2, 0.25) is 0 Å². The highest BCUT2D eigenvalue weighted by Crippen LogP contribution is 2.11. The van der Waals surface area contributed by atoms with Gasteiger partial charge in [0.1, 0.15) is 11.9 Å². The molecule has 0 radical (unpaired) electrons. The van der Waals surface area contributed by atoms with Gasteiger partial charge in [0, 0.05) is 6.54 Å². The van der Waals surface area contributed by atoms with Gasteiger partial charge in [0.05, 0.1) is 0 Å². The van der Waals surface area contributed by atoms with Crippen LogP contribution in [0.4, 0.5) is 5.82 Å². The predicted octanol–water partition coefficient (Wildman–Crippen LogP) is 0.665. The van der Waals surface area contributed by atoms with E-state index in [1.165, 1.54) is 0 Å². The minimum Gasteiger partial charge on any atom is -0.381 e. The molecule has 1 aromatic heterocycles. The van der Waals surface area contributed by atoms with Gasteiger partial charge in [-0.1, -0.05) is 0 Å². The zero-order valence-electron chi connectivity index (χ0n) is 6.63. The smallest absolute Gasteiger partial charge is 0.164 e. The molecule has 58 valence electrons. The van der Waals surface area contributed by atoms with Crippen molar-refractivity contribution < 1.29 is 0 Å². The molecular weight excluding hydrogens is 140 g/mol. The fraction of sp³-hybridized carbons (Fsp3) is 0.429. The van der Waals surface area contributed by atoms with Gasteiger partial charge in [-0.25, -0.2) is 4.98 Å². The molecule has 0 saturated carbocycles. The Morgan fingerprint density at radius 2 is 2.36 bits per heavy atom. The average molecular weight is 150 g/mol. The maximum absolute atomic E-state index is 8.65. The number of hydrogen-bond donors (Lipinski definition) is 1. The van der Waals surface area contributed by atoms with E-state index >= 15 is 0 Å². The van der Waals surface area contributed by atoms with Gasteiger partial charge in [-0.3, -0.25) is 0 Å². The van der Waals surface area contributed by atoms with Gasteiger partial charge in [0.2, 0.25) is 0 Å². The van der Waals surface area contributed by atoms with Crippen LogP contribution >= 0.6 is 0 Å². The molecule has 4 heteroatoms. The van der Waals surface area contributed by atoms with Crippen molar-refractivity contribution in [2.75, 3.05) is 5.73 Å². The Morgan fingerprint density at radius 1 is 1.73 bits per heavy atom. The molecule has 4 nitrogen and oxygen atoms in total. The number of aryl methyl sites for hydroxylation is 1. The molecule has 0 aliphatic heterocycles. The normalized spacial score (nSPS) is 9.55. The summed E-state index contributed by atoms with van der Waals surface area (Å²) in [5, 5.41) is 8.65. The lowest BCUT2D eigenvalue weighted by atomic mass is 10.4. The quantitative estimate of drug-likeness (QED) is 0.639. The molecule has 0 aliphatic rings. The highest BCUT2D eigenvalue weighted by molar-refractivity contribution is 5.45. The van der Waals surface area contributed by atoms with E-state index in [9.17, 15) is 0 Å². The number of nitrogen functional groups attached to an aromatic ring is 1. The first-order chi connectivity index (χ1) is 5.20. The molecule has 0 spiro atoms. The van der Waals surface area contributed by atoms with Crippen LogP contribution < -0.4 is 5.73 Å². The molecule has 1 rings (SSSR count). The van der Waals surface area contributed by atoms with Crippen molar-refractivity contribution in [1.82, 2.24) is 9.55 Å². The van der Waals surface area contributed by atoms with Crippen molar-refractivity contribution in [3.8, 4) is 6.07 Å². The molecule has 0 bridgehead atoms. The van der Waals surface area contributed by atoms with Crippen LogP contribution in [0.1, 0.15) is 18.4 Å². The van der Waals surface area contributed by atoms with Gasteiger partial charge in [-0.05, 0) is 13.8 Å². The Labute approximate surface area is 65.3 Å². The number of rotatable bonds is 1. The van der Waals surface area contributed by atoms with Gasteiger partial charge in [-0.15, -0.1) is 0 Å². The van der Waals surface area contributed by atoms with Gasteiger partial charge in [0.15, 0.2) is 11.5 Å². The molecule has 0 aliphatic carbocycles. The molecule has 1 aromatic rings. The van der Waals surface area contributed by atoms with Crippen molar-refractivity contribution >= 4 is 5.82 Å². The monoisotopic (exact) mass is 150 g/mol. The van der Waals surface area contributed by atoms with Crippen LogP contribution in [0.5, 0.6) is 0 Å². The lowest BCUT2D eigenvalue weighted by Crippen LogP contribution is -2.00. The van der Waals surface area contributed by atoms with E-state index in [-0.39, 0.29) is 0 Å². The molecule has 0 unspecified atom stereocenters. The van der Waals surface area contributed by atoms with E-state index in [2.05, 4.69) is 4.98 Å². The summed E-state index contributed by atoms with van der Waals surface area (Å²) in [4.78, 5) is 3.97. The summed E-state index contributed by atoms with van der Waals surface area (Å²) in [7, 11) is 0. The topological polar surface area (TPSA) is 67.6 Å². The summed E-state index contributed by atoms with van der Waals surface area (Å²) < 4.78 is 1.79. The zero-order valence-corrected chi connectivity index (χ0v) is 6.63. The molecule has 11 heavy (non-hydrogen) atoms. The fourth-order valence-corrected chi connectivity index (χ4v) is 1.09. The van der Waals surface area contributed by atoms with Crippen LogP contribution in [0.25, 0.3) is 0 Å². The second kappa shape index (κ2) is 2.62. The van der Waals surface area contributed by atoms with Gasteiger partial charge < -0.3 is 10.3 Å². The van der Waals surface area contributed by atoms with Crippen molar-refractivity contribution in [1.29, 1.82) is 5.26 Å². The van der Waals surface area contributed by atoms with E-state index < -0.39 is 0 Å². The number of hydrogen-bond acceptors (Lipinski definition) is 3. The first-order valence-corrected chi connectivity index (χ1v) is 3.43. The van der Waals surface area contributed by atoms with E-state index in [4.69, 9.17) is 11.0 Å². The van der Waals surface area contributed by atoms with Crippen LogP contribution in [0.3, 0.4) is 0 Å². The Morgan fingerprint density at radius 3 is 2.73 bits per heavy atom. The molecule has 1 heterocycles. The number of nitrogens with two attached hydrogens (primary N) is 1. The molecule has 0 saturated heterocycles. The van der Waals surface area contributed by atoms with Crippen molar-refractivity contribution in [2.24, 2.45) is 0 Å². The summed E-state index contributed by atoms with van der Waals surface area (Å²) in [6.07, 6.45) is 0. The van der Waals surface area contributed by atoms with Gasteiger partial charge in [0.25, 0.3) is 0 Å². The molecule has 0 fully saturated rings. The number of nitrogens with zero attached hydrogens (tertiary/aromatic N) is 3. The number of anilines is 1. The Kier molecular flexibility index (Phi) is 1.81. The minimum atomic E-state index is 0.326. The maximum Gasteiger partial charge on any atom is 0.164 e. The summed E-state index contributed by atoms with van der Waals surface area (Å²) in [6.45, 7) is 4.52. The maximum atomic E-state index is 8.65. The lowest BCUT2D eigenvalue weighted by molar-refractivity contribution is 0.721. The summed E-state index contributed by atoms with van der Waals surface area (Å²) in [6, 6.07) is 2.01. The van der Waals surface area contributed by atoms with Crippen LogP contribution in [-0.4, -0.2) is 9.55 Å². The second-order valence-electron chi connectivity index (χ2n) is 2.25. The third-order valence-corrected chi connectivity index (χ3v) is 1.61. The van der Waals surface area contributed by atoms with Crippen LogP contribution in [0, 0.1) is 18.3 Å². The van der Waals surface area contributed by atoms with E-state index in [1.54, 1.807) is 4.57 Å².